The molecular weight excluding hydrogens is 392 g/mol. The maximum absolute atomic E-state index is 11.7. The van der Waals surface area contributed by atoms with Crippen molar-refractivity contribution in [2.24, 2.45) is 16.9 Å². The van der Waals surface area contributed by atoms with Crippen LogP contribution >= 0.6 is 0 Å². The highest BCUT2D eigenvalue weighted by Gasteiger charge is 2.48. The lowest BCUT2D eigenvalue weighted by molar-refractivity contribution is -0.152. The average molecular weight is 431 g/mol. The lowest BCUT2D eigenvalue weighted by Crippen LogP contribution is -2.37. The highest BCUT2D eigenvalue weighted by atomic mass is 16.6. The van der Waals surface area contributed by atoms with Crippen LogP contribution in [0.1, 0.15) is 53.4 Å². The summed E-state index contributed by atoms with van der Waals surface area (Å²) in [5.41, 5.74) is 9.30. The largest absolute Gasteiger partial charge is 0.462 e. The molecule has 0 heterocycles. The Kier molecular flexibility index (Phi) is 8.26. The zero-order chi connectivity index (χ0) is 22.5. The quantitative estimate of drug-likeness (QED) is 0.287. The van der Waals surface area contributed by atoms with E-state index in [1.54, 1.807) is 0 Å². The second-order valence-electron chi connectivity index (χ2n) is 9.90. The van der Waals surface area contributed by atoms with Gasteiger partial charge < -0.3 is 35.2 Å². The van der Waals surface area contributed by atoms with Crippen LogP contribution in [0.4, 0.5) is 0 Å². The fourth-order valence-corrected chi connectivity index (χ4v) is 2.62. The number of esters is 2. The summed E-state index contributed by atoms with van der Waals surface area (Å²) < 4.78 is 27.5. The van der Waals surface area contributed by atoms with Crippen molar-refractivity contribution in [1.82, 2.24) is 0 Å². The number of carbonyl (C=O) groups excluding carboxylic acids is 2. The number of hydrogen-bond acceptors (Lipinski definition) is 9. The standard InChI is InChI=1S/C21H38N2O7/c1-18(2,13-26-9-10-28-16(24)20(22)5-6-20)14-27-15-19(3,4)30-12-11-29-17(25)21(23)7-8-21/h5-15,22-23H2,1-4H3. The van der Waals surface area contributed by atoms with Crippen LogP contribution in [0.25, 0.3) is 0 Å². The molecule has 0 radical (unpaired) electrons. The number of rotatable bonds is 15. The zero-order valence-electron chi connectivity index (χ0n) is 18.8. The first-order valence-electron chi connectivity index (χ1n) is 10.6. The smallest absolute Gasteiger partial charge is 0.326 e. The maximum atomic E-state index is 11.7. The number of ether oxygens (including phenoxy) is 5. The van der Waals surface area contributed by atoms with Gasteiger partial charge in [0.1, 0.15) is 24.3 Å². The van der Waals surface area contributed by atoms with E-state index in [-0.39, 0.29) is 37.2 Å². The highest BCUT2D eigenvalue weighted by Crippen LogP contribution is 2.33. The molecular formula is C21H38N2O7. The Hall–Kier alpha value is -1.26. The Morgan fingerprint density at radius 1 is 0.733 bits per heavy atom. The molecule has 30 heavy (non-hydrogen) atoms. The van der Waals surface area contributed by atoms with E-state index in [0.717, 1.165) is 0 Å². The zero-order valence-corrected chi connectivity index (χ0v) is 18.8. The highest BCUT2D eigenvalue weighted by molar-refractivity contribution is 5.84. The van der Waals surface area contributed by atoms with E-state index in [1.165, 1.54) is 0 Å². The van der Waals surface area contributed by atoms with Gasteiger partial charge in [-0.2, -0.15) is 0 Å². The Balaban J connectivity index is 1.50. The van der Waals surface area contributed by atoms with Gasteiger partial charge >= 0.3 is 11.9 Å². The maximum Gasteiger partial charge on any atom is 0.326 e. The van der Waals surface area contributed by atoms with Crippen LogP contribution in [0, 0.1) is 5.41 Å². The van der Waals surface area contributed by atoms with Crippen molar-refractivity contribution in [2.75, 3.05) is 46.2 Å². The van der Waals surface area contributed by atoms with Crippen LogP contribution in [0.2, 0.25) is 0 Å². The van der Waals surface area contributed by atoms with Crippen LogP contribution in [0.3, 0.4) is 0 Å². The predicted octanol–water partition coefficient (Wildman–Crippen LogP) is 0.910. The Labute approximate surface area is 179 Å². The fraction of sp³-hybridized carbons (Fsp3) is 0.905. The lowest BCUT2D eigenvalue weighted by Gasteiger charge is -2.29. The summed E-state index contributed by atoms with van der Waals surface area (Å²) in [6.45, 7) is 10.2. The van der Waals surface area contributed by atoms with Gasteiger partial charge in [0.2, 0.25) is 0 Å². The summed E-state index contributed by atoms with van der Waals surface area (Å²) in [6.07, 6.45) is 2.75. The van der Waals surface area contributed by atoms with Crippen molar-refractivity contribution < 1.29 is 33.3 Å². The van der Waals surface area contributed by atoms with E-state index in [9.17, 15) is 9.59 Å². The van der Waals surface area contributed by atoms with Crippen molar-refractivity contribution in [3.8, 4) is 0 Å². The molecule has 0 aromatic rings. The first kappa shape index (κ1) is 25.0. The van der Waals surface area contributed by atoms with Crippen LogP contribution in [0.5, 0.6) is 0 Å². The van der Waals surface area contributed by atoms with Gasteiger partial charge in [0.05, 0.1) is 38.6 Å². The van der Waals surface area contributed by atoms with Crippen molar-refractivity contribution in [3.63, 3.8) is 0 Å². The summed E-state index contributed by atoms with van der Waals surface area (Å²) in [5.74, 6) is -0.701. The average Bonchev–Trinajstić information content (AvgIpc) is 3.57. The van der Waals surface area contributed by atoms with Gasteiger partial charge in [-0.3, -0.25) is 9.59 Å². The normalized spacial score (nSPS) is 19.3. The molecule has 0 saturated heterocycles. The first-order valence-corrected chi connectivity index (χ1v) is 10.6. The summed E-state index contributed by atoms with van der Waals surface area (Å²) >= 11 is 0. The molecule has 9 nitrogen and oxygen atoms in total. The van der Waals surface area contributed by atoms with Crippen LogP contribution < -0.4 is 11.5 Å². The molecule has 0 aliphatic heterocycles. The third kappa shape index (κ3) is 8.47. The molecule has 0 aromatic heterocycles. The van der Waals surface area contributed by atoms with Crippen molar-refractivity contribution in [1.29, 1.82) is 0 Å². The SMILES string of the molecule is CC(C)(COCCOC(=O)C1(N)CC1)COCC(C)(C)OCCOC(=O)C1(N)CC1. The van der Waals surface area contributed by atoms with Gasteiger partial charge in [-0.05, 0) is 39.5 Å². The van der Waals surface area contributed by atoms with Gasteiger partial charge in [-0.15, -0.1) is 0 Å². The lowest BCUT2D eigenvalue weighted by atomic mass is 9.96. The molecule has 2 saturated carbocycles. The monoisotopic (exact) mass is 430 g/mol. The molecule has 174 valence electrons. The minimum atomic E-state index is -0.766. The Morgan fingerprint density at radius 2 is 1.20 bits per heavy atom. The number of hydrogen-bond donors (Lipinski definition) is 2. The van der Waals surface area contributed by atoms with E-state index in [0.29, 0.717) is 52.1 Å². The van der Waals surface area contributed by atoms with E-state index >= 15 is 0 Å². The third-order valence-electron chi connectivity index (χ3n) is 5.10. The molecule has 2 aliphatic carbocycles. The van der Waals surface area contributed by atoms with Crippen molar-refractivity contribution >= 4 is 11.9 Å². The van der Waals surface area contributed by atoms with E-state index in [4.69, 9.17) is 35.2 Å². The van der Waals surface area contributed by atoms with E-state index in [2.05, 4.69) is 0 Å². The van der Waals surface area contributed by atoms with E-state index < -0.39 is 16.7 Å². The molecule has 0 spiro atoms. The molecule has 0 bridgehead atoms. The fourth-order valence-electron chi connectivity index (χ4n) is 2.62. The predicted molar refractivity (Wildman–Crippen MR) is 110 cm³/mol. The molecule has 2 aliphatic rings. The summed E-state index contributed by atoms with van der Waals surface area (Å²) in [6, 6.07) is 0. The van der Waals surface area contributed by atoms with Crippen molar-refractivity contribution in [3.05, 3.63) is 0 Å². The minimum Gasteiger partial charge on any atom is -0.462 e. The topological polar surface area (TPSA) is 132 Å². The molecule has 2 rings (SSSR count). The third-order valence-corrected chi connectivity index (χ3v) is 5.10. The van der Waals surface area contributed by atoms with E-state index in [1.807, 2.05) is 27.7 Å². The number of nitrogens with two attached hydrogens (primary N) is 2. The van der Waals surface area contributed by atoms with Gasteiger partial charge in [0.25, 0.3) is 0 Å². The van der Waals surface area contributed by atoms with Crippen LogP contribution in [-0.2, 0) is 33.3 Å². The van der Waals surface area contributed by atoms with Gasteiger partial charge in [-0.25, -0.2) is 0 Å². The molecule has 0 atom stereocenters. The molecule has 9 heteroatoms. The molecule has 0 aromatic carbocycles. The molecule has 2 fully saturated rings. The molecule has 0 amide bonds. The second kappa shape index (κ2) is 9.91. The minimum absolute atomic E-state index is 0.177. The Morgan fingerprint density at radius 3 is 1.70 bits per heavy atom. The van der Waals surface area contributed by atoms with Crippen LogP contribution in [-0.4, -0.2) is 74.9 Å². The first-order chi connectivity index (χ1) is 13.9. The van der Waals surface area contributed by atoms with Crippen molar-refractivity contribution in [2.45, 2.75) is 70.1 Å². The molecule has 4 N–H and O–H groups in total. The van der Waals surface area contributed by atoms with Gasteiger partial charge in [0, 0.05) is 5.41 Å². The van der Waals surface area contributed by atoms with Gasteiger partial charge in [0.15, 0.2) is 0 Å². The summed E-state index contributed by atoms with van der Waals surface area (Å²) in [7, 11) is 0. The van der Waals surface area contributed by atoms with Crippen LogP contribution in [0.15, 0.2) is 0 Å². The molecule has 0 unspecified atom stereocenters. The number of carbonyl (C=O) groups is 2. The summed E-state index contributed by atoms with van der Waals surface area (Å²) in [5, 5.41) is 0. The second-order valence-corrected chi connectivity index (χ2v) is 9.90. The van der Waals surface area contributed by atoms with Gasteiger partial charge in [-0.1, -0.05) is 13.8 Å². The Bertz CT molecular complexity index is 598. The summed E-state index contributed by atoms with van der Waals surface area (Å²) in [4.78, 5) is 23.3.